The second-order valence-corrected chi connectivity index (χ2v) is 4.17. The summed E-state index contributed by atoms with van der Waals surface area (Å²) in [5.41, 5.74) is 12.1. The first kappa shape index (κ1) is 13.7. The van der Waals surface area contributed by atoms with Crippen molar-refractivity contribution in [1.29, 1.82) is 0 Å². The monoisotopic (exact) mass is 236 g/mol. The van der Waals surface area contributed by atoms with E-state index in [2.05, 4.69) is 0 Å². The van der Waals surface area contributed by atoms with E-state index in [1.165, 1.54) is 0 Å². The Kier molecular flexibility index (Phi) is 5.66. The van der Waals surface area contributed by atoms with E-state index in [9.17, 15) is 4.79 Å². The van der Waals surface area contributed by atoms with Crippen molar-refractivity contribution < 1.29 is 9.53 Å². The molecule has 0 aliphatic carbocycles. The summed E-state index contributed by atoms with van der Waals surface area (Å²) in [4.78, 5) is 10.6. The van der Waals surface area contributed by atoms with Crippen molar-refractivity contribution in [1.82, 2.24) is 0 Å². The number of rotatable bonds is 7. The first-order chi connectivity index (χ1) is 8.09. The zero-order valence-corrected chi connectivity index (χ0v) is 10.1. The summed E-state index contributed by atoms with van der Waals surface area (Å²) in [7, 11) is 0. The third-order valence-electron chi connectivity index (χ3n) is 2.68. The predicted molar refractivity (Wildman–Crippen MR) is 67.1 cm³/mol. The van der Waals surface area contributed by atoms with Gasteiger partial charge < -0.3 is 16.2 Å². The van der Waals surface area contributed by atoms with Gasteiger partial charge in [-0.3, -0.25) is 4.79 Å². The average Bonchev–Trinajstić information content (AvgIpc) is 2.34. The smallest absolute Gasteiger partial charge is 0.217 e. The van der Waals surface area contributed by atoms with Crippen LogP contribution in [0.5, 0.6) is 0 Å². The number of nitrogens with two attached hydrogens (primary N) is 2. The number of ether oxygens (including phenoxy) is 1. The highest BCUT2D eigenvalue weighted by Crippen LogP contribution is 2.07. The number of carbonyl (C=O) groups is 1. The Morgan fingerprint density at radius 2 is 2.00 bits per heavy atom. The molecule has 0 spiro atoms. The van der Waals surface area contributed by atoms with Gasteiger partial charge >= 0.3 is 0 Å². The molecule has 0 fully saturated rings. The lowest BCUT2D eigenvalue weighted by molar-refractivity contribution is -0.118. The second-order valence-electron chi connectivity index (χ2n) is 4.17. The minimum Gasteiger partial charge on any atom is -0.372 e. The second kappa shape index (κ2) is 7.04. The fourth-order valence-corrected chi connectivity index (χ4v) is 1.47. The summed E-state index contributed by atoms with van der Waals surface area (Å²) in [5, 5.41) is 0. The topological polar surface area (TPSA) is 78.3 Å². The molecule has 1 rings (SSSR count). The number of primary amides is 1. The molecule has 0 saturated heterocycles. The Balaban J connectivity index is 2.29. The molecule has 1 aromatic rings. The number of carbonyl (C=O) groups excluding carboxylic acids is 1. The van der Waals surface area contributed by atoms with Crippen LogP contribution < -0.4 is 11.5 Å². The van der Waals surface area contributed by atoms with Crippen LogP contribution in [0.4, 0.5) is 0 Å². The van der Waals surface area contributed by atoms with E-state index in [1.54, 1.807) is 0 Å². The molecule has 0 bridgehead atoms. The van der Waals surface area contributed by atoms with E-state index < -0.39 is 0 Å². The zero-order valence-electron chi connectivity index (χ0n) is 10.1. The number of hydrogen-bond acceptors (Lipinski definition) is 3. The zero-order chi connectivity index (χ0) is 12.7. The molecule has 1 amide bonds. The quantitative estimate of drug-likeness (QED) is 0.746. The van der Waals surface area contributed by atoms with Crippen molar-refractivity contribution in [2.75, 3.05) is 0 Å². The first-order valence-corrected chi connectivity index (χ1v) is 5.79. The third-order valence-corrected chi connectivity index (χ3v) is 2.68. The van der Waals surface area contributed by atoms with E-state index in [0.717, 1.165) is 5.56 Å². The maximum atomic E-state index is 10.6. The van der Waals surface area contributed by atoms with Gasteiger partial charge in [-0.05, 0) is 18.9 Å². The average molecular weight is 236 g/mol. The van der Waals surface area contributed by atoms with Gasteiger partial charge in [0.15, 0.2) is 0 Å². The van der Waals surface area contributed by atoms with Crippen molar-refractivity contribution in [3.05, 3.63) is 35.9 Å². The van der Waals surface area contributed by atoms with Gasteiger partial charge in [-0.1, -0.05) is 30.3 Å². The molecule has 0 unspecified atom stereocenters. The molecule has 4 nitrogen and oxygen atoms in total. The van der Waals surface area contributed by atoms with Crippen LogP contribution in [0, 0.1) is 0 Å². The third kappa shape index (κ3) is 5.47. The maximum Gasteiger partial charge on any atom is 0.217 e. The van der Waals surface area contributed by atoms with Crippen LogP contribution >= 0.6 is 0 Å². The molecule has 17 heavy (non-hydrogen) atoms. The van der Waals surface area contributed by atoms with Crippen molar-refractivity contribution in [3.63, 3.8) is 0 Å². The van der Waals surface area contributed by atoms with E-state index in [1.807, 2.05) is 37.3 Å². The Bertz CT molecular complexity index is 341. The van der Waals surface area contributed by atoms with Gasteiger partial charge in [0.05, 0.1) is 12.7 Å². The Hall–Kier alpha value is -1.39. The molecule has 0 heterocycles. The lowest BCUT2D eigenvalue weighted by Gasteiger charge is -2.20. The van der Waals surface area contributed by atoms with Gasteiger partial charge in [0, 0.05) is 12.5 Å². The van der Waals surface area contributed by atoms with Crippen LogP contribution in [0.1, 0.15) is 25.3 Å². The fraction of sp³-hybridized carbons (Fsp3) is 0.462. The van der Waals surface area contributed by atoms with Crippen molar-refractivity contribution in [2.24, 2.45) is 11.5 Å². The highest BCUT2D eigenvalue weighted by molar-refractivity contribution is 5.73. The van der Waals surface area contributed by atoms with Gasteiger partial charge in [0.2, 0.25) is 5.91 Å². The molecule has 4 heteroatoms. The Morgan fingerprint density at radius 1 is 1.35 bits per heavy atom. The van der Waals surface area contributed by atoms with Crippen LogP contribution in [0.3, 0.4) is 0 Å². The van der Waals surface area contributed by atoms with Crippen LogP contribution in [-0.4, -0.2) is 18.1 Å². The summed E-state index contributed by atoms with van der Waals surface area (Å²) in [6.45, 7) is 2.45. The van der Waals surface area contributed by atoms with E-state index in [0.29, 0.717) is 19.4 Å². The molecule has 0 radical (unpaired) electrons. The molecular weight excluding hydrogens is 216 g/mol. The largest absolute Gasteiger partial charge is 0.372 e. The molecular formula is C13H20N2O2. The summed E-state index contributed by atoms with van der Waals surface area (Å²) in [6, 6.07) is 9.74. The Labute approximate surface area is 102 Å². The maximum absolute atomic E-state index is 10.6. The summed E-state index contributed by atoms with van der Waals surface area (Å²) in [6.07, 6.45) is 0.778. The summed E-state index contributed by atoms with van der Waals surface area (Å²) < 4.78 is 5.64. The first-order valence-electron chi connectivity index (χ1n) is 5.79. The Morgan fingerprint density at radius 3 is 2.59 bits per heavy atom. The number of hydrogen-bond donors (Lipinski definition) is 2. The minimum atomic E-state index is -0.323. The fourth-order valence-electron chi connectivity index (χ4n) is 1.47. The SMILES string of the molecule is C[C@@H](OCc1ccccc1)[C@@H](N)CCC(N)=O. The molecule has 94 valence electrons. The molecule has 1 aromatic carbocycles. The molecule has 0 saturated carbocycles. The molecule has 0 aliphatic heterocycles. The lowest BCUT2D eigenvalue weighted by Crippen LogP contribution is -2.35. The van der Waals surface area contributed by atoms with Crippen molar-refractivity contribution in [3.8, 4) is 0 Å². The van der Waals surface area contributed by atoms with E-state index in [4.69, 9.17) is 16.2 Å². The van der Waals surface area contributed by atoms with Gasteiger partial charge in [-0.25, -0.2) is 0 Å². The standard InChI is InChI=1S/C13H20N2O2/c1-10(12(14)7-8-13(15)16)17-9-11-5-3-2-4-6-11/h2-6,10,12H,7-9,14H2,1H3,(H2,15,16)/t10-,12+/m1/s1. The van der Waals surface area contributed by atoms with Crippen molar-refractivity contribution in [2.45, 2.75) is 38.5 Å². The number of benzene rings is 1. The molecule has 2 atom stereocenters. The normalized spacial score (nSPS) is 14.2. The summed E-state index contributed by atoms with van der Waals surface area (Å²) in [5.74, 6) is -0.323. The van der Waals surface area contributed by atoms with Crippen LogP contribution in [0.25, 0.3) is 0 Å². The van der Waals surface area contributed by atoms with Gasteiger partial charge in [-0.2, -0.15) is 0 Å². The molecule has 0 aromatic heterocycles. The molecule has 0 aliphatic rings. The molecule has 4 N–H and O–H groups in total. The van der Waals surface area contributed by atoms with Gasteiger partial charge in [0.25, 0.3) is 0 Å². The predicted octanol–water partition coefficient (Wildman–Crippen LogP) is 1.18. The lowest BCUT2D eigenvalue weighted by atomic mass is 10.1. The van der Waals surface area contributed by atoms with E-state index >= 15 is 0 Å². The van der Waals surface area contributed by atoms with Gasteiger partial charge in [-0.15, -0.1) is 0 Å². The summed E-state index contributed by atoms with van der Waals surface area (Å²) >= 11 is 0. The number of amides is 1. The highest BCUT2D eigenvalue weighted by Gasteiger charge is 2.14. The van der Waals surface area contributed by atoms with Gasteiger partial charge in [0.1, 0.15) is 0 Å². The van der Waals surface area contributed by atoms with Crippen LogP contribution in [-0.2, 0) is 16.1 Å². The van der Waals surface area contributed by atoms with Crippen LogP contribution in [0.15, 0.2) is 30.3 Å². The van der Waals surface area contributed by atoms with E-state index in [-0.39, 0.29) is 18.1 Å². The van der Waals surface area contributed by atoms with Crippen molar-refractivity contribution >= 4 is 5.91 Å². The minimum absolute atomic E-state index is 0.0884. The highest BCUT2D eigenvalue weighted by atomic mass is 16.5. The van der Waals surface area contributed by atoms with Crippen LogP contribution in [0.2, 0.25) is 0 Å².